The van der Waals surface area contributed by atoms with Gasteiger partial charge in [-0.1, -0.05) is 64.1 Å². The number of nitrogens with one attached hydrogen (secondary N) is 3. The summed E-state index contributed by atoms with van der Waals surface area (Å²) in [6.45, 7) is 8.64. The van der Waals surface area contributed by atoms with Crippen LogP contribution >= 0.6 is 22.7 Å². The Hall–Kier alpha value is -4.40. The quantitative estimate of drug-likeness (QED) is 0.0942. The molecular formula is C38H51N7O5S2. The zero-order valence-electron chi connectivity index (χ0n) is 30.5. The van der Waals surface area contributed by atoms with Gasteiger partial charge in [0, 0.05) is 49.4 Å². The van der Waals surface area contributed by atoms with E-state index in [0.29, 0.717) is 31.7 Å². The molecule has 0 spiro atoms. The second-order valence-corrected chi connectivity index (χ2v) is 15.7. The van der Waals surface area contributed by atoms with Gasteiger partial charge >= 0.3 is 12.1 Å². The van der Waals surface area contributed by atoms with Crippen molar-refractivity contribution in [1.82, 2.24) is 35.8 Å². The lowest BCUT2D eigenvalue weighted by atomic mass is 9.94. The number of carbonyl (C=O) groups is 3. The minimum atomic E-state index is -1.08. The first-order valence-electron chi connectivity index (χ1n) is 17.6. The smallest absolute Gasteiger partial charge is 0.407 e. The van der Waals surface area contributed by atoms with Gasteiger partial charge in [0.2, 0.25) is 5.91 Å². The Balaban J connectivity index is 1.47. The summed E-state index contributed by atoms with van der Waals surface area (Å²) in [7, 11) is 1.68. The van der Waals surface area contributed by atoms with Crippen molar-refractivity contribution in [1.29, 1.82) is 0 Å². The molecule has 4 atom stereocenters. The molecule has 1 unspecified atom stereocenters. The zero-order chi connectivity index (χ0) is 37.5. The predicted octanol–water partition coefficient (Wildman–Crippen LogP) is 5.77. The normalized spacial score (nSPS) is 13.6. The number of benzene rings is 1. The van der Waals surface area contributed by atoms with Gasteiger partial charge in [0.1, 0.15) is 12.6 Å². The molecule has 52 heavy (non-hydrogen) atoms. The van der Waals surface area contributed by atoms with Crippen LogP contribution in [0.3, 0.4) is 0 Å². The lowest BCUT2D eigenvalue weighted by Crippen LogP contribution is -2.54. The zero-order valence-corrected chi connectivity index (χ0v) is 32.2. The molecule has 4 amide bonds. The third-order valence-corrected chi connectivity index (χ3v) is 9.87. The molecule has 1 aromatic carbocycles. The van der Waals surface area contributed by atoms with Gasteiger partial charge < -0.3 is 30.7 Å². The number of alkyl carbamates (subject to hydrolysis) is 1. The number of carbonyl (C=O) groups excluding carboxylic acids is 3. The second-order valence-electron chi connectivity index (χ2n) is 13.8. The number of hydrogen-bond donors (Lipinski definition) is 4. The third kappa shape index (κ3) is 14.0. The van der Waals surface area contributed by atoms with Crippen molar-refractivity contribution in [3.63, 3.8) is 0 Å². The van der Waals surface area contributed by atoms with Crippen molar-refractivity contribution in [2.75, 3.05) is 7.05 Å². The van der Waals surface area contributed by atoms with E-state index in [1.807, 2.05) is 67.8 Å². The standard InChI is InChI=1S/C38H51N7O5S2/c1-25(2)15-33(43-37(48)45(5)21-30-23-51-35(41-30)16-26(3)4)36(47)42-29(18-28-13-9-10-14-40-28)19-34(46)32(17-27-11-7-6-8-12-27)44-38(49)50-22-31-20-39-24-52-31/h6-14,20,23-26,29,32-34,46H,15-19,21-22H2,1-5H3,(H,42,47)(H,43,48)(H,44,49)/t29-,32-,33?,34-/m1/s1. The van der Waals surface area contributed by atoms with Gasteiger partial charge in [0.25, 0.3) is 0 Å². The molecule has 14 heteroatoms. The molecule has 0 aliphatic carbocycles. The monoisotopic (exact) mass is 749 g/mol. The van der Waals surface area contributed by atoms with Crippen molar-refractivity contribution in [3.8, 4) is 0 Å². The predicted molar refractivity (Wildman–Crippen MR) is 204 cm³/mol. The molecular weight excluding hydrogens is 699 g/mol. The Morgan fingerprint density at radius 1 is 0.885 bits per heavy atom. The van der Waals surface area contributed by atoms with E-state index in [9.17, 15) is 19.5 Å². The molecule has 4 N–H and O–H groups in total. The van der Waals surface area contributed by atoms with Crippen molar-refractivity contribution in [2.45, 2.75) is 97.2 Å². The van der Waals surface area contributed by atoms with E-state index >= 15 is 0 Å². The van der Waals surface area contributed by atoms with E-state index in [1.54, 1.807) is 36.3 Å². The number of nitrogens with zero attached hydrogens (tertiary/aromatic N) is 4. The fourth-order valence-electron chi connectivity index (χ4n) is 5.66. The molecule has 0 fully saturated rings. The van der Waals surface area contributed by atoms with Crippen LogP contribution in [0, 0.1) is 11.8 Å². The molecule has 0 aliphatic rings. The van der Waals surface area contributed by atoms with Crippen LogP contribution in [0.4, 0.5) is 9.59 Å². The molecule has 4 aromatic rings. The SMILES string of the molecule is CC(C)Cc1nc(CN(C)C(=O)NC(CC(C)C)C(=O)N[C@H](Cc2ccccn2)C[C@@H](O)[C@@H](Cc2ccccc2)NC(=O)OCc2cncs2)cs1. The number of amides is 4. The van der Waals surface area contributed by atoms with Crippen LogP contribution < -0.4 is 16.0 Å². The maximum atomic E-state index is 14.0. The van der Waals surface area contributed by atoms with E-state index in [4.69, 9.17) is 4.74 Å². The van der Waals surface area contributed by atoms with Crippen LogP contribution in [0.5, 0.6) is 0 Å². The van der Waals surface area contributed by atoms with E-state index in [0.717, 1.165) is 33.3 Å². The number of hydrogen-bond acceptors (Lipinski definition) is 10. The maximum Gasteiger partial charge on any atom is 0.407 e. The first-order chi connectivity index (χ1) is 24.9. The molecule has 0 radical (unpaired) electrons. The first kappa shape index (κ1) is 40.4. The number of thiazole rings is 2. The number of rotatable bonds is 19. The van der Waals surface area contributed by atoms with E-state index in [-0.39, 0.29) is 30.9 Å². The highest BCUT2D eigenvalue weighted by Gasteiger charge is 2.30. The molecule has 3 aromatic heterocycles. The van der Waals surface area contributed by atoms with Crippen LogP contribution in [0.2, 0.25) is 0 Å². The van der Waals surface area contributed by atoms with Crippen LogP contribution in [0.25, 0.3) is 0 Å². The molecule has 280 valence electrons. The minimum Gasteiger partial charge on any atom is -0.444 e. The summed E-state index contributed by atoms with van der Waals surface area (Å²) in [5, 5.41) is 23.6. The van der Waals surface area contributed by atoms with Crippen LogP contribution in [0.1, 0.15) is 67.4 Å². The highest BCUT2D eigenvalue weighted by atomic mass is 32.1. The summed E-state index contributed by atoms with van der Waals surface area (Å²) in [4.78, 5) is 55.7. The number of pyridine rings is 1. The highest BCUT2D eigenvalue weighted by Crippen LogP contribution is 2.17. The summed E-state index contributed by atoms with van der Waals surface area (Å²) >= 11 is 2.96. The Labute approximate surface area is 314 Å². The largest absolute Gasteiger partial charge is 0.444 e. The van der Waals surface area contributed by atoms with Gasteiger partial charge in [-0.05, 0) is 48.8 Å². The number of urea groups is 1. The minimum absolute atomic E-state index is 0.0596. The number of aromatic nitrogens is 3. The van der Waals surface area contributed by atoms with Gasteiger partial charge in [0.05, 0.1) is 39.8 Å². The van der Waals surface area contributed by atoms with Crippen LogP contribution in [-0.4, -0.2) is 74.3 Å². The van der Waals surface area contributed by atoms with Crippen molar-refractivity contribution >= 4 is 40.7 Å². The molecule has 12 nitrogen and oxygen atoms in total. The summed E-state index contributed by atoms with van der Waals surface area (Å²) in [5.74, 6) is 0.224. The van der Waals surface area contributed by atoms with Gasteiger partial charge in [0.15, 0.2) is 0 Å². The third-order valence-electron chi connectivity index (χ3n) is 8.20. The van der Waals surface area contributed by atoms with Crippen LogP contribution in [-0.2, 0) is 41.9 Å². The molecule has 4 rings (SSSR count). The number of aliphatic hydroxyl groups is 1. The molecule has 0 aliphatic heterocycles. The van der Waals surface area contributed by atoms with Gasteiger partial charge in [-0.25, -0.2) is 14.6 Å². The maximum absolute atomic E-state index is 14.0. The van der Waals surface area contributed by atoms with E-state index in [1.165, 1.54) is 16.2 Å². The van der Waals surface area contributed by atoms with Crippen molar-refractivity contribution < 1.29 is 24.2 Å². The number of aliphatic hydroxyl groups excluding tert-OH is 1. The summed E-state index contributed by atoms with van der Waals surface area (Å²) in [6.07, 6.45) is 3.60. The van der Waals surface area contributed by atoms with Crippen LogP contribution in [0.15, 0.2) is 71.8 Å². The Bertz CT molecular complexity index is 1650. The lowest BCUT2D eigenvalue weighted by molar-refractivity contribution is -0.124. The van der Waals surface area contributed by atoms with Crippen molar-refractivity contribution in [2.24, 2.45) is 11.8 Å². The van der Waals surface area contributed by atoms with Gasteiger partial charge in [-0.15, -0.1) is 22.7 Å². The molecule has 3 heterocycles. The Kier molecular flexibility index (Phi) is 16.0. The van der Waals surface area contributed by atoms with Gasteiger partial charge in [-0.3, -0.25) is 14.8 Å². The first-order valence-corrected chi connectivity index (χ1v) is 19.4. The van der Waals surface area contributed by atoms with E-state index in [2.05, 4.69) is 44.7 Å². The summed E-state index contributed by atoms with van der Waals surface area (Å²) in [6, 6.07) is 12.5. The van der Waals surface area contributed by atoms with E-state index < -0.39 is 30.3 Å². The fourth-order valence-corrected chi connectivity index (χ4v) is 7.16. The topological polar surface area (TPSA) is 159 Å². The second kappa shape index (κ2) is 20.6. The average Bonchev–Trinajstić information content (AvgIpc) is 3.79. The number of ether oxygens (including phenoxy) is 1. The average molecular weight is 750 g/mol. The Morgan fingerprint density at radius 2 is 1.65 bits per heavy atom. The van der Waals surface area contributed by atoms with Crippen molar-refractivity contribution in [3.05, 3.63) is 98.7 Å². The fraction of sp³-hybridized carbons (Fsp3) is 0.474. The lowest BCUT2D eigenvalue weighted by Gasteiger charge is -2.30. The highest BCUT2D eigenvalue weighted by molar-refractivity contribution is 7.09. The Morgan fingerprint density at radius 3 is 2.33 bits per heavy atom. The summed E-state index contributed by atoms with van der Waals surface area (Å²) < 4.78 is 5.43. The van der Waals surface area contributed by atoms with Gasteiger partial charge in [-0.2, -0.15) is 0 Å². The molecule has 0 saturated heterocycles. The summed E-state index contributed by atoms with van der Waals surface area (Å²) in [5.41, 5.74) is 4.10. The molecule has 0 bridgehead atoms. The molecule has 0 saturated carbocycles.